The SMILES string of the molecule is CC(C)C[C@H](CN)CC(=O)Nc1ccc(I)cc1C(=O)O. The van der Waals surface area contributed by atoms with Gasteiger partial charge >= 0.3 is 5.97 Å². The standard InChI is InChI=1S/C15H21IN2O3/c1-9(2)5-10(8-17)6-14(19)18-13-4-3-11(16)7-12(13)15(20)21/h3-4,7,9-10H,5-6,8,17H2,1-2H3,(H,18,19)(H,20,21)/t10-/m0/s1. The zero-order valence-corrected chi connectivity index (χ0v) is 14.4. The van der Waals surface area contributed by atoms with Crippen LogP contribution in [0.2, 0.25) is 0 Å². The monoisotopic (exact) mass is 404 g/mol. The summed E-state index contributed by atoms with van der Waals surface area (Å²) in [6.45, 7) is 4.62. The molecule has 21 heavy (non-hydrogen) atoms. The number of amides is 1. The molecule has 0 saturated heterocycles. The van der Waals surface area contributed by atoms with E-state index in [2.05, 4.69) is 19.2 Å². The molecule has 0 radical (unpaired) electrons. The van der Waals surface area contributed by atoms with Crippen molar-refractivity contribution < 1.29 is 14.7 Å². The number of aromatic carboxylic acids is 1. The summed E-state index contributed by atoms with van der Waals surface area (Å²) in [6.07, 6.45) is 1.18. The maximum absolute atomic E-state index is 12.1. The highest BCUT2D eigenvalue weighted by molar-refractivity contribution is 14.1. The highest BCUT2D eigenvalue weighted by Gasteiger charge is 2.17. The minimum absolute atomic E-state index is 0.100. The first-order valence-corrected chi connectivity index (χ1v) is 7.94. The molecule has 0 spiro atoms. The normalized spacial score (nSPS) is 12.2. The predicted octanol–water partition coefficient (Wildman–Crippen LogP) is 2.94. The quantitative estimate of drug-likeness (QED) is 0.610. The molecule has 4 N–H and O–H groups in total. The van der Waals surface area contributed by atoms with Gasteiger partial charge in [-0.3, -0.25) is 4.79 Å². The van der Waals surface area contributed by atoms with Gasteiger partial charge in [0.05, 0.1) is 11.3 Å². The number of carbonyl (C=O) groups is 2. The second-order valence-corrected chi connectivity index (χ2v) is 6.72. The molecule has 6 heteroatoms. The van der Waals surface area contributed by atoms with Crippen molar-refractivity contribution in [3.63, 3.8) is 0 Å². The minimum Gasteiger partial charge on any atom is -0.478 e. The van der Waals surface area contributed by atoms with E-state index in [1.165, 1.54) is 6.07 Å². The lowest BCUT2D eigenvalue weighted by Gasteiger charge is -2.17. The number of anilines is 1. The predicted molar refractivity (Wildman–Crippen MR) is 91.4 cm³/mol. The molecule has 0 fully saturated rings. The summed E-state index contributed by atoms with van der Waals surface area (Å²) >= 11 is 2.04. The summed E-state index contributed by atoms with van der Waals surface area (Å²) in [5.74, 6) is -0.669. The van der Waals surface area contributed by atoms with Crippen LogP contribution in [-0.2, 0) is 4.79 Å². The van der Waals surface area contributed by atoms with Gasteiger partial charge in [-0.05, 0) is 65.6 Å². The largest absolute Gasteiger partial charge is 0.478 e. The lowest BCUT2D eigenvalue weighted by Crippen LogP contribution is -2.24. The molecule has 5 nitrogen and oxygen atoms in total. The van der Waals surface area contributed by atoms with Crippen LogP contribution < -0.4 is 11.1 Å². The van der Waals surface area contributed by atoms with Crippen molar-refractivity contribution in [2.75, 3.05) is 11.9 Å². The van der Waals surface area contributed by atoms with Gasteiger partial charge in [0, 0.05) is 9.99 Å². The van der Waals surface area contributed by atoms with Crippen molar-refractivity contribution in [3.8, 4) is 0 Å². The number of nitrogens with one attached hydrogen (secondary N) is 1. The van der Waals surface area contributed by atoms with Gasteiger partial charge in [0.15, 0.2) is 0 Å². The fourth-order valence-electron chi connectivity index (χ4n) is 2.20. The van der Waals surface area contributed by atoms with Crippen molar-refractivity contribution in [1.29, 1.82) is 0 Å². The van der Waals surface area contributed by atoms with Crippen LogP contribution in [0.1, 0.15) is 37.0 Å². The lowest BCUT2D eigenvalue weighted by atomic mass is 9.94. The second-order valence-electron chi connectivity index (χ2n) is 5.48. The molecule has 0 saturated carbocycles. The van der Waals surface area contributed by atoms with Gasteiger partial charge < -0.3 is 16.2 Å². The zero-order chi connectivity index (χ0) is 16.0. The third-order valence-electron chi connectivity index (χ3n) is 3.10. The van der Waals surface area contributed by atoms with E-state index >= 15 is 0 Å². The topological polar surface area (TPSA) is 92.4 Å². The number of carboxylic acids is 1. The molecule has 0 bridgehead atoms. The van der Waals surface area contributed by atoms with Crippen LogP contribution in [0, 0.1) is 15.4 Å². The highest BCUT2D eigenvalue weighted by atomic mass is 127. The molecule has 1 aromatic rings. The number of rotatable bonds is 7. The Balaban J connectivity index is 2.77. The van der Waals surface area contributed by atoms with Crippen molar-refractivity contribution in [3.05, 3.63) is 27.3 Å². The number of carbonyl (C=O) groups excluding carboxylic acids is 1. The molecule has 0 aliphatic heterocycles. The Morgan fingerprint density at radius 2 is 2.05 bits per heavy atom. The van der Waals surface area contributed by atoms with Crippen molar-refractivity contribution >= 4 is 40.2 Å². The number of carboxylic acid groups (broad SMARTS) is 1. The Kier molecular flexibility index (Phi) is 7.10. The zero-order valence-electron chi connectivity index (χ0n) is 12.2. The van der Waals surface area contributed by atoms with E-state index in [4.69, 9.17) is 5.73 Å². The van der Waals surface area contributed by atoms with E-state index in [1.54, 1.807) is 12.1 Å². The van der Waals surface area contributed by atoms with Crippen LogP contribution in [0.15, 0.2) is 18.2 Å². The molecule has 1 atom stereocenters. The third-order valence-corrected chi connectivity index (χ3v) is 3.77. The number of benzene rings is 1. The summed E-state index contributed by atoms with van der Waals surface area (Å²) in [5, 5.41) is 11.9. The van der Waals surface area contributed by atoms with Crippen LogP contribution >= 0.6 is 22.6 Å². The van der Waals surface area contributed by atoms with Crippen LogP contribution in [0.5, 0.6) is 0 Å². The van der Waals surface area contributed by atoms with E-state index < -0.39 is 5.97 Å². The Bertz CT molecular complexity index is 518. The van der Waals surface area contributed by atoms with Gasteiger partial charge in [-0.25, -0.2) is 4.79 Å². The Labute approximate surface area is 138 Å². The molecule has 0 unspecified atom stereocenters. The lowest BCUT2D eigenvalue weighted by molar-refractivity contribution is -0.117. The van der Waals surface area contributed by atoms with Gasteiger partial charge in [-0.15, -0.1) is 0 Å². The van der Waals surface area contributed by atoms with Gasteiger partial charge in [-0.2, -0.15) is 0 Å². The fraction of sp³-hybridized carbons (Fsp3) is 0.467. The van der Waals surface area contributed by atoms with E-state index in [1.807, 2.05) is 22.6 Å². The maximum atomic E-state index is 12.1. The summed E-state index contributed by atoms with van der Waals surface area (Å²) in [4.78, 5) is 23.3. The number of hydrogen-bond donors (Lipinski definition) is 3. The molecule has 1 aromatic carbocycles. The van der Waals surface area contributed by atoms with Gasteiger partial charge in [0.1, 0.15) is 0 Å². The number of halogens is 1. The van der Waals surface area contributed by atoms with E-state index in [0.29, 0.717) is 24.6 Å². The Hall–Kier alpha value is -1.15. The molecule has 116 valence electrons. The molecule has 0 aliphatic carbocycles. The summed E-state index contributed by atoms with van der Waals surface area (Å²) < 4.78 is 0.808. The highest BCUT2D eigenvalue weighted by Crippen LogP contribution is 2.21. The maximum Gasteiger partial charge on any atom is 0.337 e. The first-order chi connectivity index (χ1) is 9.83. The molecule has 1 amide bonds. The summed E-state index contributed by atoms with van der Waals surface area (Å²) in [7, 11) is 0. The van der Waals surface area contributed by atoms with Crippen molar-refractivity contribution in [2.24, 2.45) is 17.6 Å². The second kappa shape index (κ2) is 8.33. The Morgan fingerprint density at radius 3 is 2.57 bits per heavy atom. The first kappa shape index (κ1) is 17.9. The fourth-order valence-corrected chi connectivity index (χ4v) is 2.69. The first-order valence-electron chi connectivity index (χ1n) is 6.86. The molecule has 0 heterocycles. The number of hydrogen-bond acceptors (Lipinski definition) is 3. The van der Waals surface area contributed by atoms with E-state index in [9.17, 15) is 14.7 Å². The van der Waals surface area contributed by atoms with E-state index in [0.717, 1.165) is 9.99 Å². The molecular weight excluding hydrogens is 383 g/mol. The molecule has 0 aromatic heterocycles. The molecular formula is C15H21IN2O3. The smallest absolute Gasteiger partial charge is 0.337 e. The van der Waals surface area contributed by atoms with E-state index in [-0.39, 0.29) is 17.4 Å². The Morgan fingerprint density at radius 1 is 1.38 bits per heavy atom. The van der Waals surface area contributed by atoms with Crippen LogP contribution in [0.3, 0.4) is 0 Å². The van der Waals surface area contributed by atoms with Gasteiger partial charge in [-0.1, -0.05) is 13.8 Å². The van der Waals surface area contributed by atoms with Gasteiger partial charge in [0.25, 0.3) is 0 Å². The number of nitrogens with two attached hydrogens (primary N) is 1. The van der Waals surface area contributed by atoms with Crippen LogP contribution in [0.25, 0.3) is 0 Å². The van der Waals surface area contributed by atoms with Crippen molar-refractivity contribution in [1.82, 2.24) is 0 Å². The van der Waals surface area contributed by atoms with Crippen LogP contribution in [-0.4, -0.2) is 23.5 Å². The van der Waals surface area contributed by atoms with Crippen LogP contribution in [0.4, 0.5) is 5.69 Å². The third kappa shape index (κ3) is 6.01. The average Bonchev–Trinajstić information content (AvgIpc) is 2.39. The van der Waals surface area contributed by atoms with Crippen molar-refractivity contribution in [2.45, 2.75) is 26.7 Å². The summed E-state index contributed by atoms with van der Waals surface area (Å²) in [6, 6.07) is 4.91. The van der Waals surface area contributed by atoms with Gasteiger partial charge in [0.2, 0.25) is 5.91 Å². The summed E-state index contributed by atoms with van der Waals surface area (Å²) in [5.41, 5.74) is 6.11. The minimum atomic E-state index is -1.05. The molecule has 0 aliphatic rings. The molecule has 1 rings (SSSR count). The average molecular weight is 404 g/mol.